The van der Waals surface area contributed by atoms with Crippen molar-refractivity contribution in [2.75, 3.05) is 27.2 Å². The lowest BCUT2D eigenvalue weighted by atomic mass is 10.1. The van der Waals surface area contributed by atoms with Crippen molar-refractivity contribution in [1.82, 2.24) is 10.2 Å². The Bertz CT molecular complexity index is 242. The van der Waals surface area contributed by atoms with Gasteiger partial charge in [-0.3, -0.25) is 4.79 Å². The van der Waals surface area contributed by atoms with E-state index in [0.717, 1.165) is 32.4 Å². The van der Waals surface area contributed by atoms with E-state index in [-0.39, 0.29) is 5.91 Å². The van der Waals surface area contributed by atoms with E-state index in [4.69, 9.17) is 0 Å². The summed E-state index contributed by atoms with van der Waals surface area (Å²) in [5.41, 5.74) is 0. The molecular formula is C19H40N2O. The molecule has 3 nitrogen and oxygen atoms in total. The number of carbonyl (C=O) groups excluding carboxylic acids is 1. The van der Waals surface area contributed by atoms with E-state index in [1.54, 1.807) is 0 Å². The van der Waals surface area contributed by atoms with Gasteiger partial charge in [0.1, 0.15) is 0 Å². The van der Waals surface area contributed by atoms with Gasteiger partial charge in [-0.1, -0.05) is 64.7 Å². The maximum atomic E-state index is 11.7. The lowest BCUT2D eigenvalue weighted by Crippen LogP contribution is -2.24. The van der Waals surface area contributed by atoms with Crippen LogP contribution in [0.3, 0.4) is 0 Å². The SMILES string of the molecule is CCCCCCCCCCCCC(=O)NCCCCN(C)C. The van der Waals surface area contributed by atoms with Crippen LogP contribution >= 0.6 is 0 Å². The predicted octanol–water partition coefficient (Wildman–Crippen LogP) is 4.76. The third kappa shape index (κ3) is 17.5. The Morgan fingerprint density at radius 3 is 1.86 bits per heavy atom. The first-order chi connectivity index (χ1) is 10.7. The quantitative estimate of drug-likeness (QED) is 0.417. The Hall–Kier alpha value is -0.570. The smallest absolute Gasteiger partial charge is 0.219 e. The molecule has 0 saturated heterocycles. The maximum Gasteiger partial charge on any atom is 0.219 e. The molecule has 0 aliphatic rings. The Morgan fingerprint density at radius 1 is 0.773 bits per heavy atom. The van der Waals surface area contributed by atoms with Crippen molar-refractivity contribution in [3.05, 3.63) is 0 Å². The van der Waals surface area contributed by atoms with Crippen LogP contribution in [0.25, 0.3) is 0 Å². The van der Waals surface area contributed by atoms with Gasteiger partial charge in [0.05, 0.1) is 0 Å². The zero-order valence-electron chi connectivity index (χ0n) is 15.5. The lowest BCUT2D eigenvalue weighted by molar-refractivity contribution is -0.121. The Kier molecular flexibility index (Phi) is 16.4. The molecule has 0 heterocycles. The topological polar surface area (TPSA) is 32.3 Å². The number of hydrogen-bond donors (Lipinski definition) is 1. The van der Waals surface area contributed by atoms with E-state index in [0.29, 0.717) is 6.42 Å². The van der Waals surface area contributed by atoms with Crippen LogP contribution in [0.4, 0.5) is 0 Å². The van der Waals surface area contributed by atoms with Crippen molar-refractivity contribution < 1.29 is 4.79 Å². The van der Waals surface area contributed by atoms with Crippen LogP contribution in [0.5, 0.6) is 0 Å². The first kappa shape index (κ1) is 21.4. The molecule has 0 aromatic rings. The highest BCUT2D eigenvalue weighted by Crippen LogP contribution is 2.11. The molecule has 3 heteroatoms. The monoisotopic (exact) mass is 312 g/mol. The van der Waals surface area contributed by atoms with Gasteiger partial charge >= 0.3 is 0 Å². The van der Waals surface area contributed by atoms with E-state index < -0.39 is 0 Å². The van der Waals surface area contributed by atoms with Crippen molar-refractivity contribution in [2.45, 2.75) is 90.4 Å². The van der Waals surface area contributed by atoms with Gasteiger partial charge in [-0.25, -0.2) is 0 Å². The molecule has 0 bridgehead atoms. The first-order valence-electron chi connectivity index (χ1n) is 9.58. The van der Waals surface area contributed by atoms with Crippen molar-refractivity contribution in [1.29, 1.82) is 0 Å². The highest BCUT2D eigenvalue weighted by Gasteiger charge is 2.00. The van der Waals surface area contributed by atoms with E-state index >= 15 is 0 Å². The number of hydrogen-bond acceptors (Lipinski definition) is 2. The lowest BCUT2D eigenvalue weighted by Gasteiger charge is -2.09. The largest absolute Gasteiger partial charge is 0.356 e. The number of amides is 1. The average molecular weight is 313 g/mol. The van der Waals surface area contributed by atoms with Gasteiger partial charge in [0.25, 0.3) is 0 Å². The Balaban J connectivity index is 3.15. The highest BCUT2D eigenvalue weighted by atomic mass is 16.1. The fourth-order valence-corrected chi connectivity index (χ4v) is 2.64. The van der Waals surface area contributed by atoms with Crippen LogP contribution < -0.4 is 5.32 Å². The molecule has 0 aromatic heterocycles. The van der Waals surface area contributed by atoms with Crippen LogP contribution in [0, 0.1) is 0 Å². The number of carbonyl (C=O) groups is 1. The number of rotatable bonds is 16. The van der Waals surface area contributed by atoms with E-state index in [1.807, 2.05) is 0 Å². The van der Waals surface area contributed by atoms with Crippen LogP contribution in [-0.4, -0.2) is 38.0 Å². The second-order valence-corrected chi connectivity index (χ2v) is 6.79. The van der Waals surface area contributed by atoms with E-state index in [1.165, 1.54) is 57.8 Å². The molecule has 0 aliphatic heterocycles. The number of nitrogens with one attached hydrogen (secondary N) is 1. The highest BCUT2D eigenvalue weighted by molar-refractivity contribution is 5.75. The Labute approximate surface area is 139 Å². The summed E-state index contributed by atoms with van der Waals surface area (Å²) in [5.74, 6) is 0.240. The molecule has 0 saturated carbocycles. The minimum atomic E-state index is 0.240. The summed E-state index contributed by atoms with van der Waals surface area (Å²) in [4.78, 5) is 13.8. The van der Waals surface area contributed by atoms with Crippen molar-refractivity contribution in [3.63, 3.8) is 0 Å². The molecular weight excluding hydrogens is 272 g/mol. The maximum absolute atomic E-state index is 11.7. The van der Waals surface area contributed by atoms with Crippen molar-refractivity contribution >= 4 is 5.91 Å². The molecule has 0 rings (SSSR count). The number of unbranched alkanes of at least 4 members (excludes halogenated alkanes) is 10. The summed E-state index contributed by atoms with van der Waals surface area (Å²) < 4.78 is 0. The van der Waals surface area contributed by atoms with Crippen LogP contribution in [0.1, 0.15) is 90.4 Å². The third-order valence-electron chi connectivity index (χ3n) is 4.11. The van der Waals surface area contributed by atoms with Gasteiger partial charge in [-0.05, 0) is 39.9 Å². The molecule has 0 atom stereocenters. The number of nitrogens with zero attached hydrogens (tertiary/aromatic N) is 1. The van der Waals surface area contributed by atoms with Gasteiger partial charge in [-0.2, -0.15) is 0 Å². The minimum Gasteiger partial charge on any atom is -0.356 e. The average Bonchev–Trinajstić information content (AvgIpc) is 2.48. The zero-order valence-corrected chi connectivity index (χ0v) is 15.5. The molecule has 0 fully saturated rings. The summed E-state index contributed by atoms with van der Waals surface area (Å²) in [5, 5.41) is 3.03. The summed E-state index contributed by atoms with van der Waals surface area (Å²) in [6.07, 6.45) is 16.2. The van der Waals surface area contributed by atoms with E-state index in [9.17, 15) is 4.79 Å². The molecule has 0 spiro atoms. The Morgan fingerprint density at radius 2 is 1.32 bits per heavy atom. The summed E-state index contributed by atoms with van der Waals surface area (Å²) in [7, 11) is 4.17. The summed E-state index contributed by atoms with van der Waals surface area (Å²) >= 11 is 0. The predicted molar refractivity (Wildman–Crippen MR) is 97.3 cm³/mol. The molecule has 0 aliphatic carbocycles. The van der Waals surface area contributed by atoms with E-state index in [2.05, 4.69) is 31.2 Å². The minimum absolute atomic E-state index is 0.240. The van der Waals surface area contributed by atoms with Crippen molar-refractivity contribution in [2.24, 2.45) is 0 Å². The van der Waals surface area contributed by atoms with Gasteiger partial charge in [-0.15, -0.1) is 0 Å². The van der Waals surface area contributed by atoms with Crippen LogP contribution in [0.2, 0.25) is 0 Å². The van der Waals surface area contributed by atoms with Crippen molar-refractivity contribution in [3.8, 4) is 0 Å². The van der Waals surface area contributed by atoms with Gasteiger partial charge in [0, 0.05) is 13.0 Å². The summed E-state index contributed by atoms with van der Waals surface area (Å²) in [6, 6.07) is 0. The van der Waals surface area contributed by atoms with Gasteiger partial charge in [0.15, 0.2) is 0 Å². The first-order valence-corrected chi connectivity index (χ1v) is 9.58. The fraction of sp³-hybridized carbons (Fsp3) is 0.947. The molecule has 0 aromatic carbocycles. The van der Waals surface area contributed by atoms with Gasteiger partial charge in [0.2, 0.25) is 5.91 Å². The molecule has 22 heavy (non-hydrogen) atoms. The molecule has 1 amide bonds. The summed E-state index contributed by atoms with van der Waals surface area (Å²) in [6.45, 7) is 4.21. The molecule has 0 unspecified atom stereocenters. The molecule has 0 radical (unpaired) electrons. The standard InChI is InChI=1S/C19H40N2O/c1-4-5-6-7-8-9-10-11-12-13-16-19(22)20-17-14-15-18-21(2)3/h4-18H2,1-3H3,(H,20,22). The molecule has 1 N–H and O–H groups in total. The normalized spacial score (nSPS) is 11.1. The zero-order chi connectivity index (χ0) is 16.5. The van der Waals surface area contributed by atoms with Crippen LogP contribution in [-0.2, 0) is 4.79 Å². The second kappa shape index (κ2) is 16.8. The second-order valence-electron chi connectivity index (χ2n) is 6.79. The third-order valence-corrected chi connectivity index (χ3v) is 4.11. The van der Waals surface area contributed by atoms with Gasteiger partial charge < -0.3 is 10.2 Å². The fourth-order valence-electron chi connectivity index (χ4n) is 2.64. The molecule has 132 valence electrons. The van der Waals surface area contributed by atoms with Crippen LogP contribution in [0.15, 0.2) is 0 Å².